The number of aromatic nitrogens is 2. The molecule has 8 heteroatoms. The lowest BCUT2D eigenvalue weighted by Crippen LogP contribution is -2.39. The topological polar surface area (TPSA) is 75.5 Å². The Bertz CT molecular complexity index is 673. The number of fused-ring (bicyclic) bond motifs is 1. The molecule has 118 valence electrons. The average Bonchev–Trinajstić information content (AvgIpc) is 2.83. The number of nitrogens with zero attached hydrogens (tertiary/aromatic N) is 4. The molecule has 0 radical (unpaired) electrons. The van der Waals surface area contributed by atoms with E-state index in [9.17, 15) is 14.4 Å². The standard InChI is InChI=1S/C14H18N4O3S/c1-10(19)16-3-2-4-17(6-5-16)12(20)11-9-15-14-18(13(11)21)7-8-22-14/h9H,2-8H2,1H3. The van der Waals surface area contributed by atoms with E-state index in [1.165, 1.54) is 24.9 Å². The molecule has 22 heavy (non-hydrogen) atoms. The van der Waals surface area contributed by atoms with Gasteiger partial charge in [-0.05, 0) is 6.42 Å². The Balaban J connectivity index is 1.80. The molecule has 1 aromatic rings. The number of amides is 2. The molecule has 2 amide bonds. The van der Waals surface area contributed by atoms with E-state index in [0.717, 1.165) is 12.2 Å². The molecule has 3 heterocycles. The molecule has 0 atom stereocenters. The molecule has 1 fully saturated rings. The number of hydrogen-bond donors (Lipinski definition) is 0. The highest BCUT2D eigenvalue weighted by Crippen LogP contribution is 2.20. The van der Waals surface area contributed by atoms with E-state index in [2.05, 4.69) is 4.98 Å². The van der Waals surface area contributed by atoms with Crippen molar-refractivity contribution in [1.82, 2.24) is 19.4 Å². The fourth-order valence-corrected chi connectivity index (χ4v) is 3.68. The van der Waals surface area contributed by atoms with Crippen molar-refractivity contribution < 1.29 is 9.59 Å². The molecule has 2 aliphatic heterocycles. The zero-order valence-electron chi connectivity index (χ0n) is 12.4. The molecule has 0 bridgehead atoms. The highest BCUT2D eigenvalue weighted by atomic mass is 32.2. The lowest BCUT2D eigenvalue weighted by molar-refractivity contribution is -0.128. The molecule has 0 saturated carbocycles. The Hall–Kier alpha value is -1.83. The molecule has 2 aliphatic rings. The molecular formula is C14H18N4O3S. The third-order valence-corrected chi connectivity index (χ3v) is 4.99. The predicted octanol–water partition coefficient (Wildman–Crippen LogP) is 0.0434. The average molecular weight is 322 g/mol. The first kappa shape index (κ1) is 15.1. The van der Waals surface area contributed by atoms with Gasteiger partial charge in [-0.25, -0.2) is 4.98 Å². The molecule has 1 aromatic heterocycles. The van der Waals surface area contributed by atoms with Gasteiger partial charge in [-0.2, -0.15) is 0 Å². The van der Waals surface area contributed by atoms with Crippen LogP contribution in [0.1, 0.15) is 23.7 Å². The third kappa shape index (κ3) is 2.75. The Labute approximate surface area is 132 Å². The Kier molecular flexibility index (Phi) is 4.19. The number of hydrogen-bond acceptors (Lipinski definition) is 5. The van der Waals surface area contributed by atoms with Crippen molar-refractivity contribution in [3.63, 3.8) is 0 Å². The van der Waals surface area contributed by atoms with Crippen molar-refractivity contribution in [1.29, 1.82) is 0 Å². The zero-order valence-corrected chi connectivity index (χ0v) is 13.3. The first-order valence-corrected chi connectivity index (χ1v) is 8.34. The Morgan fingerprint density at radius 2 is 1.86 bits per heavy atom. The smallest absolute Gasteiger partial charge is 0.267 e. The van der Waals surface area contributed by atoms with Crippen LogP contribution in [0.15, 0.2) is 16.1 Å². The largest absolute Gasteiger partial charge is 0.341 e. The van der Waals surface area contributed by atoms with Gasteiger partial charge in [-0.3, -0.25) is 19.0 Å². The van der Waals surface area contributed by atoms with Gasteiger partial charge in [0.05, 0.1) is 0 Å². The van der Waals surface area contributed by atoms with Crippen molar-refractivity contribution in [2.45, 2.75) is 25.0 Å². The Morgan fingerprint density at radius 1 is 1.14 bits per heavy atom. The van der Waals surface area contributed by atoms with Gasteiger partial charge in [0.2, 0.25) is 5.91 Å². The number of carbonyl (C=O) groups excluding carboxylic acids is 2. The number of carbonyl (C=O) groups is 2. The second-order valence-electron chi connectivity index (χ2n) is 5.41. The van der Waals surface area contributed by atoms with Crippen LogP contribution in [-0.4, -0.2) is 63.1 Å². The van der Waals surface area contributed by atoms with E-state index < -0.39 is 0 Å². The summed E-state index contributed by atoms with van der Waals surface area (Å²) in [5.41, 5.74) is -0.129. The van der Waals surface area contributed by atoms with E-state index in [1.807, 2.05) is 0 Å². The van der Waals surface area contributed by atoms with Crippen LogP contribution in [0.4, 0.5) is 0 Å². The number of thioether (sulfide) groups is 1. The molecular weight excluding hydrogens is 304 g/mol. The maximum Gasteiger partial charge on any atom is 0.267 e. The molecule has 0 spiro atoms. The molecule has 1 saturated heterocycles. The van der Waals surface area contributed by atoms with E-state index in [0.29, 0.717) is 37.9 Å². The van der Waals surface area contributed by atoms with Crippen LogP contribution in [0.2, 0.25) is 0 Å². The second-order valence-corrected chi connectivity index (χ2v) is 6.47. The molecule has 0 aromatic carbocycles. The van der Waals surface area contributed by atoms with E-state index in [4.69, 9.17) is 0 Å². The monoisotopic (exact) mass is 322 g/mol. The summed E-state index contributed by atoms with van der Waals surface area (Å²) in [5.74, 6) is 0.553. The van der Waals surface area contributed by atoms with Crippen LogP contribution in [0, 0.1) is 0 Å². The summed E-state index contributed by atoms with van der Waals surface area (Å²) in [4.78, 5) is 44.0. The highest BCUT2D eigenvalue weighted by molar-refractivity contribution is 7.99. The maximum absolute atomic E-state index is 12.6. The van der Waals surface area contributed by atoms with Gasteiger partial charge in [0.25, 0.3) is 11.5 Å². The van der Waals surface area contributed by atoms with Crippen LogP contribution in [-0.2, 0) is 11.3 Å². The predicted molar refractivity (Wildman–Crippen MR) is 82.0 cm³/mol. The highest BCUT2D eigenvalue weighted by Gasteiger charge is 2.25. The van der Waals surface area contributed by atoms with Crippen LogP contribution in [0.25, 0.3) is 0 Å². The van der Waals surface area contributed by atoms with Gasteiger partial charge in [-0.1, -0.05) is 11.8 Å². The maximum atomic E-state index is 12.6. The van der Waals surface area contributed by atoms with Crippen LogP contribution < -0.4 is 5.56 Å². The van der Waals surface area contributed by atoms with Crippen molar-refractivity contribution in [2.75, 3.05) is 31.9 Å². The molecule has 0 N–H and O–H groups in total. The van der Waals surface area contributed by atoms with Gasteiger partial charge in [0.1, 0.15) is 5.56 Å². The van der Waals surface area contributed by atoms with E-state index in [-0.39, 0.29) is 22.9 Å². The van der Waals surface area contributed by atoms with Crippen molar-refractivity contribution >= 4 is 23.6 Å². The minimum Gasteiger partial charge on any atom is -0.341 e. The van der Waals surface area contributed by atoms with Gasteiger partial charge in [-0.15, -0.1) is 0 Å². The van der Waals surface area contributed by atoms with Gasteiger partial charge < -0.3 is 9.80 Å². The fraction of sp³-hybridized carbons (Fsp3) is 0.571. The van der Waals surface area contributed by atoms with Gasteiger partial charge >= 0.3 is 0 Å². The molecule has 7 nitrogen and oxygen atoms in total. The normalized spacial score (nSPS) is 18.0. The summed E-state index contributed by atoms with van der Waals surface area (Å²) in [6.07, 6.45) is 2.11. The quantitative estimate of drug-likeness (QED) is 0.683. The third-order valence-electron chi connectivity index (χ3n) is 4.02. The summed E-state index contributed by atoms with van der Waals surface area (Å²) in [6, 6.07) is 0. The fourth-order valence-electron chi connectivity index (χ4n) is 2.77. The first-order valence-electron chi connectivity index (χ1n) is 7.35. The van der Waals surface area contributed by atoms with Crippen molar-refractivity contribution in [3.05, 3.63) is 22.1 Å². The zero-order chi connectivity index (χ0) is 15.7. The molecule has 0 unspecified atom stereocenters. The van der Waals surface area contributed by atoms with Crippen LogP contribution >= 0.6 is 11.8 Å². The minimum absolute atomic E-state index is 0.0191. The van der Waals surface area contributed by atoms with E-state index in [1.54, 1.807) is 14.4 Å². The first-order chi connectivity index (χ1) is 10.6. The van der Waals surface area contributed by atoms with Gasteiger partial charge in [0.15, 0.2) is 5.16 Å². The minimum atomic E-state index is -0.282. The van der Waals surface area contributed by atoms with Gasteiger partial charge in [0, 0.05) is 51.6 Å². The lowest BCUT2D eigenvalue weighted by Gasteiger charge is -2.21. The molecule has 0 aliphatic carbocycles. The van der Waals surface area contributed by atoms with Crippen molar-refractivity contribution in [2.24, 2.45) is 0 Å². The molecule has 3 rings (SSSR count). The SMILES string of the molecule is CC(=O)N1CCCN(C(=O)c2cnc3n(c2=O)CCS3)CC1. The summed E-state index contributed by atoms with van der Waals surface area (Å²) in [7, 11) is 0. The summed E-state index contributed by atoms with van der Waals surface area (Å²) >= 11 is 1.53. The Morgan fingerprint density at radius 3 is 2.64 bits per heavy atom. The van der Waals surface area contributed by atoms with Crippen LogP contribution in [0.5, 0.6) is 0 Å². The van der Waals surface area contributed by atoms with Crippen molar-refractivity contribution in [3.8, 4) is 0 Å². The van der Waals surface area contributed by atoms with Crippen LogP contribution in [0.3, 0.4) is 0 Å². The lowest BCUT2D eigenvalue weighted by atomic mass is 10.2. The number of rotatable bonds is 1. The van der Waals surface area contributed by atoms with E-state index >= 15 is 0 Å². The second kappa shape index (κ2) is 6.12. The summed E-state index contributed by atoms with van der Waals surface area (Å²) < 4.78 is 1.57. The summed E-state index contributed by atoms with van der Waals surface area (Å²) in [5, 5.41) is 0.681. The summed E-state index contributed by atoms with van der Waals surface area (Å²) in [6.45, 7) is 4.30.